The van der Waals surface area contributed by atoms with Crippen molar-refractivity contribution in [3.63, 3.8) is 0 Å². The molecular formula is C56H67ClN10O2S. The molecule has 4 aliphatic heterocycles. The molecule has 1 unspecified atom stereocenters. The number of nitrogens with one attached hydrogen (secondary N) is 1. The third-order valence-corrected chi connectivity index (χ3v) is 17.0. The minimum absolute atomic E-state index is 0.0329. The van der Waals surface area contributed by atoms with Crippen molar-refractivity contribution >= 4 is 68.2 Å². The number of rotatable bonds is 8. The molecule has 4 atom stereocenters. The van der Waals surface area contributed by atoms with Crippen molar-refractivity contribution in [1.82, 2.24) is 43.9 Å². The number of aromatic nitrogens is 5. The van der Waals surface area contributed by atoms with Crippen molar-refractivity contribution < 1.29 is 9.59 Å². The molecule has 12 rings (SSSR count). The number of carbonyl (C=O) groups is 2. The highest BCUT2D eigenvalue weighted by Crippen LogP contribution is 2.49. The number of fused-ring (bicyclic) bond motifs is 8. The summed E-state index contributed by atoms with van der Waals surface area (Å²) in [4.78, 5) is 42.6. The molecule has 14 heteroatoms. The fraction of sp³-hybridized carbons (Fsp3) is 0.429. The number of aryl methyl sites for hydroxylation is 3. The molecule has 0 saturated carbocycles. The number of Topliss-reactive ketones (excluding diaryl/α,β-unsaturated/α-hetero) is 1. The first kappa shape index (κ1) is 48.2. The fourth-order valence-corrected chi connectivity index (χ4v) is 12.8. The molecular weight excluding hydrogens is 912 g/mol. The Bertz CT molecular complexity index is 2970. The number of piperazine rings is 1. The van der Waals surface area contributed by atoms with Crippen molar-refractivity contribution in [3.05, 3.63) is 131 Å². The lowest BCUT2D eigenvalue weighted by Gasteiger charge is -2.47. The van der Waals surface area contributed by atoms with Gasteiger partial charge < -0.3 is 34.1 Å². The number of nitrogens with zero attached hydrogens (tertiary/aromatic N) is 9. The molecule has 70 heavy (non-hydrogen) atoms. The van der Waals surface area contributed by atoms with Crippen LogP contribution in [0.1, 0.15) is 77.3 Å². The van der Waals surface area contributed by atoms with E-state index in [2.05, 4.69) is 114 Å². The zero-order valence-corrected chi connectivity index (χ0v) is 42.9. The molecule has 12 nitrogen and oxygen atoms in total. The average molecular weight is 980 g/mol. The van der Waals surface area contributed by atoms with E-state index < -0.39 is 0 Å². The Morgan fingerprint density at radius 2 is 1.50 bits per heavy atom. The summed E-state index contributed by atoms with van der Waals surface area (Å²) in [5.41, 5.74) is 7.37. The van der Waals surface area contributed by atoms with Crippen molar-refractivity contribution in [2.75, 3.05) is 58.3 Å². The highest BCUT2D eigenvalue weighted by molar-refractivity contribution is 7.99. The number of hydrogen-bond donors (Lipinski definition) is 1. The smallest absolute Gasteiger partial charge is 0.272 e. The number of piperidine rings is 2. The molecule has 3 aromatic heterocycles. The average Bonchev–Trinajstić information content (AvgIpc) is 4.03. The number of imidazole rings is 1. The second kappa shape index (κ2) is 21.1. The summed E-state index contributed by atoms with van der Waals surface area (Å²) in [6.45, 7) is 9.64. The van der Waals surface area contributed by atoms with Gasteiger partial charge >= 0.3 is 0 Å². The number of amides is 1. The van der Waals surface area contributed by atoms with E-state index in [1.807, 2.05) is 74.4 Å². The number of ketones is 1. The van der Waals surface area contributed by atoms with Gasteiger partial charge in [0.1, 0.15) is 5.82 Å². The summed E-state index contributed by atoms with van der Waals surface area (Å²) >= 11 is 8.13. The molecule has 1 aliphatic carbocycles. The van der Waals surface area contributed by atoms with Crippen molar-refractivity contribution in [2.24, 2.45) is 20.0 Å². The second-order valence-electron chi connectivity index (χ2n) is 20.0. The molecule has 1 amide bonds. The van der Waals surface area contributed by atoms with Crippen LogP contribution in [0.2, 0.25) is 5.02 Å². The third-order valence-electron chi connectivity index (χ3n) is 15.6. The van der Waals surface area contributed by atoms with Gasteiger partial charge in [-0.25, -0.2) is 4.98 Å². The van der Waals surface area contributed by atoms with E-state index in [9.17, 15) is 9.59 Å². The standard InChI is InChI=1S/C20H24ClN3S.C18H24N4O.C18H19N3O/c1-22-11-13-23(14-12-22)9-4-10-24-17-5-2-3-6-19(17)25-20-8-7-16(21)15-18(20)24;1-21-13-6-5-7-14(21)11-12(10-13)19-18(23)17-15-8-3-4-9-16(15)22(2)20-17;1-12-19-9-10-21(12)11-13-7-8-16-17(18(13)22)14-5-3-4-6-15(14)20(16)2/h2-3,5-8,15H,4,9-14H2,1H3;3-4,8-9,12-14H,5-7,10-11H2,1-2H3,(H,19,23);3-6,9-10,13H,7-8,11H2,1-2H3/t;12-,13+,14-;. The Kier molecular flexibility index (Phi) is 14.5. The molecule has 0 spiro atoms. The Balaban J connectivity index is 0.000000122. The maximum atomic E-state index is 13.0. The summed E-state index contributed by atoms with van der Waals surface area (Å²) in [5, 5.41) is 10.5. The second-order valence-corrected chi connectivity index (χ2v) is 21.5. The first-order valence-electron chi connectivity index (χ1n) is 25.3. The molecule has 3 fully saturated rings. The van der Waals surface area contributed by atoms with Gasteiger partial charge in [0.05, 0.1) is 16.9 Å². The summed E-state index contributed by atoms with van der Waals surface area (Å²) in [6.07, 6.45) is 12.7. The lowest BCUT2D eigenvalue weighted by Crippen LogP contribution is -2.55. The van der Waals surface area contributed by atoms with Crippen LogP contribution in [-0.4, -0.2) is 122 Å². The number of likely N-dealkylation sites (N-methyl/N-ethyl adjacent to an activating group) is 1. The maximum Gasteiger partial charge on any atom is 0.272 e. The first-order valence-corrected chi connectivity index (χ1v) is 26.5. The van der Waals surface area contributed by atoms with Gasteiger partial charge in [-0.3, -0.25) is 14.3 Å². The van der Waals surface area contributed by atoms with Crippen LogP contribution in [0.3, 0.4) is 0 Å². The van der Waals surface area contributed by atoms with Gasteiger partial charge in [-0.05, 0) is 115 Å². The molecule has 4 aromatic carbocycles. The predicted molar refractivity (Wildman–Crippen MR) is 284 cm³/mol. The van der Waals surface area contributed by atoms with E-state index in [0.717, 1.165) is 90.0 Å². The van der Waals surface area contributed by atoms with Gasteiger partial charge in [0.25, 0.3) is 5.91 Å². The Morgan fingerprint density at radius 1 is 0.800 bits per heavy atom. The van der Waals surface area contributed by atoms with E-state index in [0.29, 0.717) is 17.8 Å². The quantitative estimate of drug-likeness (QED) is 0.160. The molecule has 0 radical (unpaired) electrons. The van der Waals surface area contributed by atoms with Gasteiger partial charge in [0.2, 0.25) is 0 Å². The van der Waals surface area contributed by atoms with Crippen LogP contribution in [0.4, 0.5) is 11.4 Å². The molecule has 2 bridgehead atoms. The molecule has 1 N–H and O–H groups in total. The van der Waals surface area contributed by atoms with Crippen LogP contribution in [0.25, 0.3) is 21.8 Å². The monoisotopic (exact) mass is 978 g/mol. The number of para-hydroxylation sites is 3. The van der Waals surface area contributed by atoms with Gasteiger partial charge in [-0.2, -0.15) is 5.10 Å². The number of benzene rings is 4. The third kappa shape index (κ3) is 10.1. The van der Waals surface area contributed by atoms with Gasteiger partial charge in [0.15, 0.2) is 11.5 Å². The van der Waals surface area contributed by atoms with E-state index in [1.165, 1.54) is 72.3 Å². The highest BCUT2D eigenvalue weighted by atomic mass is 35.5. The van der Waals surface area contributed by atoms with Crippen LogP contribution in [-0.2, 0) is 27.1 Å². The largest absolute Gasteiger partial charge is 0.348 e. The number of carbonyl (C=O) groups excluding carboxylic acids is 2. The zero-order valence-electron chi connectivity index (χ0n) is 41.4. The number of anilines is 2. The van der Waals surface area contributed by atoms with Crippen LogP contribution in [0.5, 0.6) is 0 Å². The molecule has 7 aromatic rings. The molecule has 7 heterocycles. The van der Waals surface area contributed by atoms with Crippen molar-refractivity contribution in [1.29, 1.82) is 0 Å². The topological polar surface area (TPSA) is 99.7 Å². The van der Waals surface area contributed by atoms with E-state index in [-0.39, 0.29) is 23.7 Å². The normalized spacial score (nSPS) is 21.3. The summed E-state index contributed by atoms with van der Waals surface area (Å²) in [5.74, 6) is 1.27. The van der Waals surface area contributed by atoms with E-state index >= 15 is 0 Å². The summed E-state index contributed by atoms with van der Waals surface area (Å²) in [7, 11) is 8.40. The van der Waals surface area contributed by atoms with E-state index in [1.54, 1.807) is 10.9 Å². The van der Waals surface area contributed by atoms with Crippen molar-refractivity contribution in [3.8, 4) is 0 Å². The minimum atomic E-state index is -0.0329. The zero-order chi connectivity index (χ0) is 48.5. The molecule has 3 saturated heterocycles. The Labute approximate surface area is 421 Å². The lowest BCUT2D eigenvalue weighted by molar-refractivity contribution is 0.0462. The van der Waals surface area contributed by atoms with Crippen LogP contribution in [0, 0.1) is 12.8 Å². The summed E-state index contributed by atoms with van der Waals surface area (Å²) in [6, 6.07) is 32.5. The molecule has 5 aliphatic rings. The first-order chi connectivity index (χ1) is 34.0. The van der Waals surface area contributed by atoms with Crippen LogP contribution in [0.15, 0.2) is 113 Å². The number of hydrogen-bond acceptors (Lipinski definition) is 9. The molecule has 366 valence electrons. The van der Waals surface area contributed by atoms with Crippen LogP contribution < -0.4 is 10.2 Å². The minimum Gasteiger partial charge on any atom is -0.348 e. The van der Waals surface area contributed by atoms with Gasteiger partial charge in [-0.1, -0.05) is 78.3 Å². The summed E-state index contributed by atoms with van der Waals surface area (Å²) < 4.78 is 6.05. The number of halogens is 1. The SMILES string of the molecule is CN1CCN(CCCN2c3ccccc3Sc3ccc(Cl)cc32)CC1.CN1[C@@H]2CCC[C@H]1C[C@@H](NC(=O)c1nn(C)c3ccccc13)C2.Cc1nccn1CC1CCc2c(c3ccccc3n2C)C1=O. The fourth-order valence-electron chi connectivity index (χ4n) is 11.6. The van der Waals surface area contributed by atoms with Gasteiger partial charge in [-0.15, -0.1) is 0 Å². The maximum absolute atomic E-state index is 13.0. The Morgan fingerprint density at radius 3 is 2.26 bits per heavy atom. The van der Waals surface area contributed by atoms with Gasteiger partial charge in [0, 0.05) is 132 Å². The predicted octanol–water partition coefficient (Wildman–Crippen LogP) is 10.0. The van der Waals surface area contributed by atoms with Crippen molar-refractivity contribution in [2.45, 2.75) is 92.8 Å². The highest BCUT2D eigenvalue weighted by Gasteiger charge is 2.37. The Hall–Kier alpha value is -5.44. The van der Waals surface area contributed by atoms with Crippen LogP contribution >= 0.6 is 23.4 Å². The van der Waals surface area contributed by atoms with E-state index in [4.69, 9.17) is 11.6 Å². The lowest BCUT2D eigenvalue weighted by atomic mass is 9.82.